The van der Waals surface area contributed by atoms with Gasteiger partial charge in [0.1, 0.15) is 11.5 Å². The second kappa shape index (κ2) is 9.72. The van der Waals surface area contributed by atoms with E-state index >= 15 is 0 Å². The standard InChI is InChI=1S/C24H36N2O2/c1-4-5-6-7-8-9-10-19(17-11-13-20(25)22(27)15-17)24(2,3)18-12-14-21(26)23(28)16-18/h11-16,19,27-28H,4-10,25-26H2,1-3H3. The lowest BCUT2D eigenvalue weighted by Crippen LogP contribution is -2.27. The Balaban J connectivity index is 2.27. The molecule has 0 heterocycles. The molecule has 28 heavy (non-hydrogen) atoms. The second-order valence-electron chi connectivity index (χ2n) is 8.42. The minimum atomic E-state index is -0.239. The summed E-state index contributed by atoms with van der Waals surface area (Å²) in [5, 5.41) is 20.3. The molecule has 154 valence electrons. The van der Waals surface area contributed by atoms with Crippen LogP contribution < -0.4 is 11.5 Å². The Morgan fingerprint density at radius 1 is 0.821 bits per heavy atom. The highest BCUT2D eigenvalue weighted by atomic mass is 16.3. The van der Waals surface area contributed by atoms with Gasteiger partial charge in [0.05, 0.1) is 11.4 Å². The van der Waals surface area contributed by atoms with Crippen LogP contribution in [0.4, 0.5) is 11.4 Å². The van der Waals surface area contributed by atoms with Gasteiger partial charge < -0.3 is 21.7 Å². The van der Waals surface area contributed by atoms with Gasteiger partial charge in [0, 0.05) is 0 Å². The fraction of sp³-hybridized carbons (Fsp3) is 0.500. The predicted molar refractivity (Wildman–Crippen MR) is 119 cm³/mol. The van der Waals surface area contributed by atoms with Gasteiger partial charge in [-0.15, -0.1) is 0 Å². The summed E-state index contributed by atoms with van der Waals surface area (Å²) in [5.74, 6) is 0.429. The number of aromatic hydroxyl groups is 2. The number of unbranched alkanes of at least 4 members (excludes halogenated alkanes) is 5. The summed E-state index contributed by atoms with van der Waals surface area (Å²) in [7, 11) is 0. The average molecular weight is 385 g/mol. The van der Waals surface area contributed by atoms with Gasteiger partial charge in [0.15, 0.2) is 0 Å². The monoisotopic (exact) mass is 384 g/mol. The Bertz CT molecular complexity index is 771. The smallest absolute Gasteiger partial charge is 0.138 e. The molecule has 0 aliphatic heterocycles. The molecule has 1 unspecified atom stereocenters. The molecule has 2 aromatic rings. The molecule has 0 aliphatic carbocycles. The summed E-state index contributed by atoms with van der Waals surface area (Å²) in [4.78, 5) is 0. The molecular weight excluding hydrogens is 348 g/mol. The molecule has 0 aliphatic rings. The third-order valence-electron chi connectivity index (χ3n) is 5.95. The van der Waals surface area contributed by atoms with Crippen molar-refractivity contribution < 1.29 is 10.2 Å². The third kappa shape index (κ3) is 5.34. The number of hydrogen-bond acceptors (Lipinski definition) is 4. The van der Waals surface area contributed by atoms with Crippen LogP contribution in [0.3, 0.4) is 0 Å². The highest BCUT2D eigenvalue weighted by Gasteiger charge is 2.33. The first-order chi connectivity index (χ1) is 13.3. The van der Waals surface area contributed by atoms with Gasteiger partial charge in [-0.05, 0) is 53.1 Å². The van der Waals surface area contributed by atoms with Crippen molar-refractivity contribution in [3.8, 4) is 11.5 Å². The van der Waals surface area contributed by atoms with Gasteiger partial charge in [-0.25, -0.2) is 0 Å². The minimum Gasteiger partial charge on any atom is -0.506 e. The summed E-state index contributed by atoms with van der Waals surface area (Å²) < 4.78 is 0. The van der Waals surface area contributed by atoms with Crippen LogP contribution in [0, 0.1) is 0 Å². The molecule has 0 saturated heterocycles. The van der Waals surface area contributed by atoms with E-state index in [4.69, 9.17) is 11.5 Å². The number of anilines is 2. The first-order valence-electron chi connectivity index (χ1n) is 10.4. The van der Waals surface area contributed by atoms with Gasteiger partial charge in [0.2, 0.25) is 0 Å². The second-order valence-corrected chi connectivity index (χ2v) is 8.42. The zero-order valence-electron chi connectivity index (χ0n) is 17.5. The highest BCUT2D eigenvalue weighted by molar-refractivity contribution is 5.56. The Morgan fingerprint density at radius 2 is 1.39 bits per heavy atom. The van der Waals surface area contributed by atoms with Crippen LogP contribution in [0.5, 0.6) is 11.5 Å². The summed E-state index contributed by atoms with van der Waals surface area (Å²) in [5.41, 5.74) is 14.3. The van der Waals surface area contributed by atoms with Gasteiger partial charge >= 0.3 is 0 Å². The molecule has 4 nitrogen and oxygen atoms in total. The van der Waals surface area contributed by atoms with E-state index in [0.29, 0.717) is 11.4 Å². The molecular formula is C24H36N2O2. The molecule has 2 rings (SSSR count). The zero-order chi connectivity index (χ0) is 20.7. The lowest BCUT2D eigenvalue weighted by atomic mass is 9.68. The molecule has 0 aromatic heterocycles. The van der Waals surface area contributed by atoms with Crippen molar-refractivity contribution in [1.82, 2.24) is 0 Å². The third-order valence-corrected chi connectivity index (χ3v) is 5.95. The van der Waals surface area contributed by atoms with Crippen LogP contribution in [0.25, 0.3) is 0 Å². The first kappa shape index (κ1) is 21.9. The van der Waals surface area contributed by atoms with Crippen LogP contribution >= 0.6 is 0 Å². The lowest BCUT2D eigenvalue weighted by Gasteiger charge is -2.36. The quantitative estimate of drug-likeness (QED) is 0.227. The number of rotatable bonds is 10. The molecule has 0 saturated carbocycles. The van der Waals surface area contributed by atoms with Crippen molar-refractivity contribution in [2.45, 2.75) is 77.0 Å². The van der Waals surface area contributed by atoms with Gasteiger partial charge in [-0.2, -0.15) is 0 Å². The maximum atomic E-state index is 10.2. The number of nitrogen functional groups attached to an aromatic ring is 2. The maximum Gasteiger partial charge on any atom is 0.138 e. The summed E-state index contributed by atoms with van der Waals surface area (Å²) in [6.07, 6.45) is 8.44. The lowest BCUT2D eigenvalue weighted by molar-refractivity contribution is 0.372. The SMILES string of the molecule is CCCCCCCCC(c1ccc(N)c(O)c1)C(C)(C)c1ccc(N)c(O)c1. The Kier molecular flexibility index (Phi) is 7.61. The van der Waals surface area contributed by atoms with Crippen molar-refractivity contribution >= 4 is 11.4 Å². The fourth-order valence-corrected chi connectivity index (χ4v) is 4.00. The number of phenolic OH excluding ortho intramolecular Hbond substituents is 2. The van der Waals surface area contributed by atoms with Crippen LogP contribution in [0.1, 0.15) is 82.8 Å². The summed E-state index contributed by atoms with van der Waals surface area (Å²) in [6, 6.07) is 11.1. The van der Waals surface area contributed by atoms with Crippen molar-refractivity contribution in [3.63, 3.8) is 0 Å². The molecule has 0 radical (unpaired) electrons. The van der Waals surface area contributed by atoms with E-state index in [2.05, 4.69) is 20.8 Å². The van der Waals surface area contributed by atoms with Crippen molar-refractivity contribution in [2.24, 2.45) is 0 Å². The average Bonchev–Trinajstić information content (AvgIpc) is 2.65. The fourth-order valence-electron chi connectivity index (χ4n) is 4.00. The molecule has 0 amide bonds. The van der Waals surface area contributed by atoms with Crippen LogP contribution in [-0.2, 0) is 5.41 Å². The zero-order valence-corrected chi connectivity index (χ0v) is 17.5. The molecule has 0 spiro atoms. The highest BCUT2D eigenvalue weighted by Crippen LogP contribution is 2.44. The van der Waals surface area contributed by atoms with Gasteiger partial charge in [-0.3, -0.25) is 0 Å². The molecule has 0 fully saturated rings. The molecule has 4 heteroatoms. The summed E-state index contributed by atoms with van der Waals surface area (Å²) >= 11 is 0. The number of benzene rings is 2. The largest absolute Gasteiger partial charge is 0.506 e. The van der Waals surface area contributed by atoms with Crippen LogP contribution in [0.2, 0.25) is 0 Å². The normalized spacial score (nSPS) is 12.8. The van der Waals surface area contributed by atoms with E-state index in [1.165, 1.54) is 32.1 Å². The molecule has 0 bridgehead atoms. The predicted octanol–water partition coefficient (Wildman–Crippen LogP) is 6.07. The van der Waals surface area contributed by atoms with Crippen LogP contribution in [-0.4, -0.2) is 10.2 Å². The van der Waals surface area contributed by atoms with Gasteiger partial charge in [0.25, 0.3) is 0 Å². The van der Waals surface area contributed by atoms with Gasteiger partial charge in [-0.1, -0.05) is 71.4 Å². The number of phenols is 2. The van der Waals surface area contributed by atoms with Crippen molar-refractivity contribution in [3.05, 3.63) is 47.5 Å². The Labute approximate surface area is 169 Å². The molecule has 6 N–H and O–H groups in total. The van der Waals surface area contributed by atoms with Crippen molar-refractivity contribution in [1.29, 1.82) is 0 Å². The minimum absolute atomic E-state index is 0.115. The van der Waals surface area contributed by atoms with Crippen LogP contribution in [0.15, 0.2) is 36.4 Å². The van der Waals surface area contributed by atoms with E-state index in [0.717, 1.165) is 24.0 Å². The van der Waals surface area contributed by atoms with E-state index in [1.807, 2.05) is 12.1 Å². The van der Waals surface area contributed by atoms with E-state index < -0.39 is 0 Å². The van der Waals surface area contributed by atoms with Crippen molar-refractivity contribution in [2.75, 3.05) is 11.5 Å². The number of nitrogens with two attached hydrogens (primary N) is 2. The molecule has 1 atom stereocenters. The van der Waals surface area contributed by atoms with E-state index in [-0.39, 0.29) is 22.8 Å². The summed E-state index contributed by atoms with van der Waals surface area (Å²) in [6.45, 7) is 6.61. The Hall–Kier alpha value is -2.36. The van der Waals surface area contributed by atoms with E-state index in [9.17, 15) is 10.2 Å². The topological polar surface area (TPSA) is 92.5 Å². The number of hydrogen-bond donors (Lipinski definition) is 4. The Morgan fingerprint density at radius 3 is 2.00 bits per heavy atom. The van der Waals surface area contributed by atoms with E-state index in [1.54, 1.807) is 24.3 Å². The first-order valence-corrected chi connectivity index (χ1v) is 10.4. The maximum absolute atomic E-state index is 10.2. The molecule has 2 aromatic carbocycles.